The SMILES string of the molecule is CC(C)C(NC(=O)c1ccc(F)cc1)C(=O)Nc1cccc(CS(N)(=O)=O)c1. The second kappa shape index (κ2) is 8.94. The third-order valence-electron chi connectivity index (χ3n) is 3.90. The summed E-state index contributed by atoms with van der Waals surface area (Å²) >= 11 is 0. The van der Waals surface area contributed by atoms with E-state index in [0.717, 1.165) is 12.1 Å². The predicted molar refractivity (Wildman–Crippen MR) is 104 cm³/mol. The standard InChI is InChI=1S/C19H22FN3O4S/c1-12(2)17(23-18(24)14-6-8-15(20)9-7-14)19(25)22-16-5-3-4-13(10-16)11-28(21,26)27/h3-10,12,17H,11H2,1-2H3,(H,22,25)(H,23,24)(H2,21,26,27). The van der Waals surface area contributed by atoms with Gasteiger partial charge in [-0.25, -0.2) is 17.9 Å². The Balaban J connectivity index is 2.11. The van der Waals surface area contributed by atoms with Crippen molar-refractivity contribution in [2.24, 2.45) is 11.1 Å². The number of hydrogen-bond acceptors (Lipinski definition) is 4. The van der Waals surface area contributed by atoms with Crippen LogP contribution in [0.2, 0.25) is 0 Å². The smallest absolute Gasteiger partial charge is 0.251 e. The van der Waals surface area contributed by atoms with Gasteiger partial charge in [0.2, 0.25) is 15.9 Å². The molecule has 0 spiro atoms. The summed E-state index contributed by atoms with van der Waals surface area (Å²) in [4.78, 5) is 25.0. The Morgan fingerprint density at radius 2 is 1.75 bits per heavy atom. The van der Waals surface area contributed by atoms with Crippen molar-refractivity contribution >= 4 is 27.5 Å². The third-order valence-corrected chi connectivity index (χ3v) is 4.64. The lowest BCUT2D eigenvalue weighted by Crippen LogP contribution is -2.47. The third kappa shape index (κ3) is 6.43. The van der Waals surface area contributed by atoms with E-state index in [1.165, 1.54) is 18.2 Å². The summed E-state index contributed by atoms with van der Waals surface area (Å²) in [7, 11) is -3.70. The van der Waals surface area contributed by atoms with Gasteiger partial charge in [-0.3, -0.25) is 9.59 Å². The van der Waals surface area contributed by atoms with Crippen LogP contribution in [0, 0.1) is 11.7 Å². The van der Waals surface area contributed by atoms with Gasteiger partial charge in [0.1, 0.15) is 11.9 Å². The maximum Gasteiger partial charge on any atom is 0.251 e. The van der Waals surface area contributed by atoms with Crippen molar-refractivity contribution in [1.82, 2.24) is 5.32 Å². The molecule has 0 aromatic heterocycles. The van der Waals surface area contributed by atoms with E-state index in [9.17, 15) is 22.4 Å². The van der Waals surface area contributed by atoms with Crippen molar-refractivity contribution in [3.63, 3.8) is 0 Å². The maximum atomic E-state index is 13.0. The Labute approximate surface area is 163 Å². The van der Waals surface area contributed by atoms with Gasteiger partial charge >= 0.3 is 0 Å². The topological polar surface area (TPSA) is 118 Å². The van der Waals surface area contributed by atoms with Gasteiger partial charge in [-0.1, -0.05) is 26.0 Å². The molecule has 0 aliphatic carbocycles. The van der Waals surface area contributed by atoms with Crippen molar-refractivity contribution in [2.75, 3.05) is 5.32 Å². The number of nitrogens with one attached hydrogen (secondary N) is 2. The molecular weight excluding hydrogens is 385 g/mol. The Morgan fingerprint density at radius 3 is 2.32 bits per heavy atom. The summed E-state index contributed by atoms with van der Waals surface area (Å²) in [5.41, 5.74) is 1.04. The summed E-state index contributed by atoms with van der Waals surface area (Å²) in [6, 6.07) is 10.4. The highest BCUT2D eigenvalue weighted by Gasteiger charge is 2.25. The minimum atomic E-state index is -3.70. The average molecular weight is 407 g/mol. The van der Waals surface area contributed by atoms with E-state index in [2.05, 4.69) is 10.6 Å². The number of halogens is 1. The lowest BCUT2D eigenvalue weighted by molar-refractivity contribution is -0.118. The number of hydrogen-bond donors (Lipinski definition) is 3. The van der Waals surface area contributed by atoms with Crippen LogP contribution in [0.25, 0.3) is 0 Å². The Hall–Kier alpha value is -2.78. The van der Waals surface area contributed by atoms with Crippen LogP contribution in [-0.2, 0) is 20.6 Å². The molecule has 2 aromatic carbocycles. The molecule has 0 bridgehead atoms. The van der Waals surface area contributed by atoms with E-state index in [0.29, 0.717) is 11.3 Å². The summed E-state index contributed by atoms with van der Waals surface area (Å²) in [5, 5.41) is 10.3. The summed E-state index contributed by atoms with van der Waals surface area (Å²) in [5.74, 6) is -2.01. The predicted octanol–water partition coefficient (Wildman–Crippen LogP) is 2.01. The molecule has 0 fully saturated rings. The van der Waals surface area contributed by atoms with Gasteiger partial charge in [-0.2, -0.15) is 0 Å². The molecule has 0 radical (unpaired) electrons. The quantitative estimate of drug-likeness (QED) is 0.650. The molecule has 0 heterocycles. The first kappa shape index (κ1) is 21.5. The monoisotopic (exact) mass is 407 g/mol. The van der Waals surface area contributed by atoms with Gasteiger partial charge in [0.25, 0.3) is 5.91 Å². The summed E-state index contributed by atoms with van der Waals surface area (Å²) in [6.07, 6.45) is 0. The van der Waals surface area contributed by atoms with Gasteiger partial charge in [-0.15, -0.1) is 0 Å². The largest absolute Gasteiger partial charge is 0.340 e. The van der Waals surface area contributed by atoms with Crippen LogP contribution in [-0.4, -0.2) is 26.3 Å². The van der Waals surface area contributed by atoms with Gasteiger partial charge in [0, 0.05) is 11.3 Å². The highest BCUT2D eigenvalue weighted by molar-refractivity contribution is 7.88. The first-order valence-electron chi connectivity index (χ1n) is 8.52. The molecular formula is C19H22FN3O4S. The second-order valence-electron chi connectivity index (χ2n) is 6.70. The van der Waals surface area contributed by atoms with Crippen molar-refractivity contribution < 1.29 is 22.4 Å². The van der Waals surface area contributed by atoms with Crippen LogP contribution in [0.15, 0.2) is 48.5 Å². The lowest BCUT2D eigenvalue weighted by atomic mass is 10.0. The molecule has 0 aliphatic rings. The minimum absolute atomic E-state index is 0.225. The Kier molecular flexibility index (Phi) is 6.87. The van der Waals surface area contributed by atoms with E-state index in [1.807, 2.05) is 0 Å². The van der Waals surface area contributed by atoms with Crippen LogP contribution >= 0.6 is 0 Å². The minimum Gasteiger partial charge on any atom is -0.340 e. The number of rotatable bonds is 7. The zero-order valence-electron chi connectivity index (χ0n) is 15.5. The van der Waals surface area contributed by atoms with Gasteiger partial charge in [0.15, 0.2) is 0 Å². The lowest BCUT2D eigenvalue weighted by Gasteiger charge is -2.22. The van der Waals surface area contributed by atoms with Crippen molar-refractivity contribution in [2.45, 2.75) is 25.6 Å². The number of primary sulfonamides is 1. The second-order valence-corrected chi connectivity index (χ2v) is 8.31. The Bertz CT molecular complexity index is 959. The van der Waals surface area contributed by atoms with Gasteiger partial charge in [-0.05, 0) is 47.9 Å². The summed E-state index contributed by atoms with van der Waals surface area (Å²) in [6.45, 7) is 3.54. The highest BCUT2D eigenvalue weighted by Crippen LogP contribution is 2.14. The molecule has 2 aromatic rings. The van der Waals surface area contributed by atoms with E-state index in [1.54, 1.807) is 32.0 Å². The normalized spacial score (nSPS) is 12.5. The molecule has 2 amide bonds. The van der Waals surface area contributed by atoms with E-state index >= 15 is 0 Å². The molecule has 1 unspecified atom stereocenters. The fourth-order valence-corrected chi connectivity index (χ4v) is 3.20. The van der Waals surface area contributed by atoms with Crippen molar-refractivity contribution in [3.8, 4) is 0 Å². The number of amides is 2. The van der Waals surface area contributed by atoms with Gasteiger partial charge < -0.3 is 10.6 Å². The zero-order valence-corrected chi connectivity index (χ0v) is 16.3. The van der Waals surface area contributed by atoms with Crippen LogP contribution in [0.5, 0.6) is 0 Å². The molecule has 9 heteroatoms. The number of nitrogens with two attached hydrogens (primary N) is 1. The van der Waals surface area contributed by atoms with E-state index in [-0.39, 0.29) is 17.2 Å². The number of sulfonamides is 1. The van der Waals surface area contributed by atoms with Crippen LogP contribution in [0.3, 0.4) is 0 Å². The molecule has 28 heavy (non-hydrogen) atoms. The molecule has 0 saturated heterocycles. The van der Waals surface area contributed by atoms with Crippen LogP contribution < -0.4 is 15.8 Å². The maximum absolute atomic E-state index is 13.0. The fraction of sp³-hybridized carbons (Fsp3) is 0.263. The number of carbonyl (C=O) groups is 2. The van der Waals surface area contributed by atoms with E-state index in [4.69, 9.17) is 5.14 Å². The van der Waals surface area contributed by atoms with Crippen LogP contribution in [0.4, 0.5) is 10.1 Å². The van der Waals surface area contributed by atoms with Crippen LogP contribution in [0.1, 0.15) is 29.8 Å². The van der Waals surface area contributed by atoms with Gasteiger partial charge in [0.05, 0.1) is 5.75 Å². The fourth-order valence-electron chi connectivity index (χ4n) is 2.55. The molecule has 7 nitrogen and oxygen atoms in total. The molecule has 2 rings (SSSR count). The molecule has 0 saturated carbocycles. The number of anilines is 1. The average Bonchev–Trinajstić information content (AvgIpc) is 2.58. The molecule has 4 N–H and O–H groups in total. The summed E-state index contributed by atoms with van der Waals surface area (Å²) < 4.78 is 35.5. The highest BCUT2D eigenvalue weighted by atomic mass is 32.2. The first-order valence-corrected chi connectivity index (χ1v) is 10.2. The Morgan fingerprint density at radius 1 is 1.11 bits per heavy atom. The van der Waals surface area contributed by atoms with E-state index < -0.39 is 33.7 Å². The zero-order chi connectivity index (χ0) is 20.9. The first-order chi connectivity index (χ1) is 13.0. The van der Waals surface area contributed by atoms with Crippen molar-refractivity contribution in [1.29, 1.82) is 0 Å². The molecule has 0 aliphatic heterocycles. The molecule has 150 valence electrons. The molecule has 1 atom stereocenters. The van der Waals surface area contributed by atoms with Crippen molar-refractivity contribution in [3.05, 3.63) is 65.5 Å². The number of carbonyl (C=O) groups excluding carboxylic acids is 2. The number of benzene rings is 2.